The Morgan fingerprint density at radius 1 is 0.786 bits per heavy atom. The first-order valence-corrected chi connectivity index (χ1v) is 8.95. The van der Waals surface area contributed by atoms with Gasteiger partial charge >= 0.3 is 5.69 Å². The molecule has 0 fully saturated rings. The third-order valence-electron chi connectivity index (χ3n) is 4.84. The average molecular weight is 369 g/mol. The van der Waals surface area contributed by atoms with Crippen LogP contribution in [0.25, 0.3) is 22.0 Å². The largest absolute Gasteiger partial charge is 0.330 e. The second-order valence-corrected chi connectivity index (χ2v) is 6.59. The third-order valence-corrected chi connectivity index (χ3v) is 4.84. The molecule has 0 unspecified atom stereocenters. The van der Waals surface area contributed by atoms with Crippen molar-refractivity contribution in [1.29, 1.82) is 0 Å². The standard InChI is InChI=1S/C23H19N3O2/c1-25-19-14-13-17(15-24-18-11-7-4-8-12-18)20(16-9-5-3-6-10-16)21(19)22(27)26(2)23(25)28/h3-15H,1-2H3. The summed E-state index contributed by atoms with van der Waals surface area (Å²) >= 11 is 0. The summed E-state index contributed by atoms with van der Waals surface area (Å²) in [5.41, 5.74) is 3.26. The minimum atomic E-state index is -0.345. The Labute approximate surface area is 161 Å². The van der Waals surface area contributed by atoms with Crippen molar-refractivity contribution in [3.63, 3.8) is 0 Å². The molecule has 5 heteroatoms. The highest BCUT2D eigenvalue weighted by Crippen LogP contribution is 2.29. The minimum absolute atomic E-state index is 0.313. The van der Waals surface area contributed by atoms with Crippen LogP contribution in [0.2, 0.25) is 0 Å². The summed E-state index contributed by atoms with van der Waals surface area (Å²) in [4.78, 5) is 29.9. The van der Waals surface area contributed by atoms with Crippen LogP contribution in [0, 0.1) is 0 Å². The van der Waals surface area contributed by atoms with Crippen molar-refractivity contribution in [3.05, 3.63) is 99.2 Å². The number of aromatic nitrogens is 2. The van der Waals surface area contributed by atoms with Gasteiger partial charge in [0.2, 0.25) is 0 Å². The summed E-state index contributed by atoms with van der Waals surface area (Å²) < 4.78 is 2.65. The molecule has 0 atom stereocenters. The van der Waals surface area contributed by atoms with E-state index in [1.54, 1.807) is 19.3 Å². The fourth-order valence-electron chi connectivity index (χ4n) is 3.37. The highest BCUT2D eigenvalue weighted by Gasteiger charge is 2.16. The van der Waals surface area contributed by atoms with Crippen molar-refractivity contribution in [1.82, 2.24) is 9.13 Å². The van der Waals surface area contributed by atoms with E-state index in [2.05, 4.69) is 4.99 Å². The van der Waals surface area contributed by atoms with Gasteiger partial charge in [0.15, 0.2) is 0 Å². The lowest BCUT2D eigenvalue weighted by Crippen LogP contribution is -2.37. The number of benzene rings is 3. The van der Waals surface area contributed by atoms with Crippen LogP contribution >= 0.6 is 0 Å². The second kappa shape index (κ2) is 7.12. The first kappa shape index (κ1) is 17.7. The van der Waals surface area contributed by atoms with Crippen LogP contribution in [0.5, 0.6) is 0 Å². The molecule has 0 aliphatic carbocycles. The van der Waals surface area contributed by atoms with Crippen LogP contribution in [0.3, 0.4) is 0 Å². The van der Waals surface area contributed by atoms with E-state index in [0.717, 1.165) is 26.9 Å². The highest BCUT2D eigenvalue weighted by molar-refractivity contribution is 6.04. The summed E-state index contributed by atoms with van der Waals surface area (Å²) in [7, 11) is 3.18. The molecule has 3 aromatic carbocycles. The van der Waals surface area contributed by atoms with Crippen LogP contribution in [-0.2, 0) is 14.1 Å². The Bertz CT molecular complexity index is 1300. The molecule has 0 spiro atoms. The van der Waals surface area contributed by atoms with Crippen LogP contribution in [0.4, 0.5) is 5.69 Å². The molecule has 1 heterocycles. The van der Waals surface area contributed by atoms with E-state index >= 15 is 0 Å². The lowest BCUT2D eigenvalue weighted by molar-refractivity contribution is 0.714. The number of hydrogen-bond donors (Lipinski definition) is 0. The number of hydrogen-bond acceptors (Lipinski definition) is 3. The summed E-state index contributed by atoms with van der Waals surface area (Å²) in [6, 6.07) is 23.0. The van der Waals surface area contributed by atoms with E-state index in [4.69, 9.17) is 0 Å². The highest BCUT2D eigenvalue weighted by atomic mass is 16.2. The molecule has 4 aromatic rings. The van der Waals surface area contributed by atoms with Gasteiger partial charge in [0.25, 0.3) is 5.56 Å². The van der Waals surface area contributed by atoms with Gasteiger partial charge in [-0.15, -0.1) is 0 Å². The van der Waals surface area contributed by atoms with Crippen molar-refractivity contribution in [2.24, 2.45) is 19.1 Å². The van der Waals surface area contributed by atoms with Crippen molar-refractivity contribution in [3.8, 4) is 11.1 Å². The van der Waals surface area contributed by atoms with Gasteiger partial charge in [-0.2, -0.15) is 0 Å². The zero-order chi connectivity index (χ0) is 19.7. The summed E-state index contributed by atoms with van der Waals surface area (Å²) in [6.07, 6.45) is 1.77. The van der Waals surface area contributed by atoms with E-state index < -0.39 is 0 Å². The predicted octanol–water partition coefficient (Wildman–Crippen LogP) is 3.65. The van der Waals surface area contributed by atoms with Crippen molar-refractivity contribution in [2.45, 2.75) is 0 Å². The van der Waals surface area contributed by atoms with E-state index in [9.17, 15) is 9.59 Å². The first-order valence-electron chi connectivity index (χ1n) is 8.95. The average Bonchev–Trinajstić information content (AvgIpc) is 2.75. The molecular formula is C23H19N3O2. The van der Waals surface area contributed by atoms with Gasteiger partial charge in [-0.3, -0.25) is 18.9 Å². The zero-order valence-corrected chi connectivity index (χ0v) is 15.7. The maximum absolute atomic E-state index is 13.0. The lowest BCUT2D eigenvalue weighted by Gasteiger charge is -2.14. The van der Waals surface area contributed by atoms with Gasteiger partial charge in [0.1, 0.15) is 0 Å². The van der Waals surface area contributed by atoms with E-state index in [0.29, 0.717) is 10.9 Å². The van der Waals surface area contributed by atoms with Gasteiger partial charge < -0.3 is 0 Å². The summed E-state index contributed by atoms with van der Waals surface area (Å²) in [6.45, 7) is 0. The quantitative estimate of drug-likeness (QED) is 0.518. The molecule has 0 bridgehead atoms. The third kappa shape index (κ3) is 2.97. The predicted molar refractivity (Wildman–Crippen MR) is 114 cm³/mol. The molecule has 0 saturated carbocycles. The van der Waals surface area contributed by atoms with Gasteiger partial charge in [0.05, 0.1) is 16.6 Å². The number of rotatable bonds is 3. The van der Waals surface area contributed by atoms with E-state index in [1.807, 2.05) is 66.7 Å². The van der Waals surface area contributed by atoms with Gasteiger partial charge in [-0.05, 0) is 23.8 Å². The van der Waals surface area contributed by atoms with Gasteiger partial charge in [0, 0.05) is 31.4 Å². The number of aryl methyl sites for hydroxylation is 1. The van der Waals surface area contributed by atoms with E-state index in [-0.39, 0.29) is 11.2 Å². The maximum Gasteiger partial charge on any atom is 0.330 e. The Hall–Kier alpha value is -3.73. The molecule has 0 saturated heterocycles. The maximum atomic E-state index is 13.0. The lowest BCUT2D eigenvalue weighted by atomic mass is 9.96. The fraction of sp³-hybridized carbons (Fsp3) is 0.0870. The molecule has 138 valence electrons. The molecule has 4 rings (SSSR count). The first-order chi connectivity index (χ1) is 13.6. The molecule has 28 heavy (non-hydrogen) atoms. The van der Waals surface area contributed by atoms with Crippen LogP contribution in [0.15, 0.2) is 87.4 Å². The van der Waals surface area contributed by atoms with Crippen LogP contribution in [0.1, 0.15) is 5.56 Å². The van der Waals surface area contributed by atoms with Crippen LogP contribution in [-0.4, -0.2) is 15.3 Å². The Kier molecular flexibility index (Phi) is 4.49. The number of aliphatic imine (C=N–C) groups is 1. The van der Waals surface area contributed by atoms with Gasteiger partial charge in [-0.1, -0.05) is 54.6 Å². The number of nitrogens with zero attached hydrogens (tertiary/aromatic N) is 3. The Morgan fingerprint density at radius 3 is 2.11 bits per heavy atom. The summed E-state index contributed by atoms with van der Waals surface area (Å²) in [5, 5.41) is 0.507. The molecule has 0 N–H and O–H groups in total. The van der Waals surface area contributed by atoms with Crippen molar-refractivity contribution >= 4 is 22.8 Å². The van der Waals surface area contributed by atoms with Gasteiger partial charge in [-0.25, -0.2) is 4.79 Å². The van der Waals surface area contributed by atoms with Crippen molar-refractivity contribution in [2.75, 3.05) is 0 Å². The fourth-order valence-corrected chi connectivity index (χ4v) is 3.37. The molecule has 0 aliphatic rings. The van der Waals surface area contributed by atoms with E-state index in [1.165, 1.54) is 11.6 Å². The second-order valence-electron chi connectivity index (χ2n) is 6.59. The molecule has 5 nitrogen and oxygen atoms in total. The molecule has 1 aromatic heterocycles. The monoisotopic (exact) mass is 369 g/mol. The van der Waals surface area contributed by atoms with Crippen LogP contribution < -0.4 is 11.2 Å². The molecular weight excluding hydrogens is 350 g/mol. The number of para-hydroxylation sites is 1. The molecule has 0 aliphatic heterocycles. The van der Waals surface area contributed by atoms with Crippen molar-refractivity contribution < 1.29 is 0 Å². The molecule has 0 amide bonds. The minimum Gasteiger partial charge on any atom is -0.296 e. The SMILES string of the molecule is Cn1c(=O)c2c(-c3ccccc3)c(C=Nc3ccccc3)ccc2n(C)c1=O. The molecule has 0 radical (unpaired) electrons. The normalized spacial score (nSPS) is 11.4. The Balaban J connectivity index is 2.08. The topological polar surface area (TPSA) is 56.4 Å². The summed E-state index contributed by atoms with van der Waals surface area (Å²) in [5.74, 6) is 0. The number of fused-ring (bicyclic) bond motifs is 1. The Morgan fingerprint density at radius 2 is 1.43 bits per heavy atom. The smallest absolute Gasteiger partial charge is 0.296 e. The zero-order valence-electron chi connectivity index (χ0n) is 15.7.